The summed E-state index contributed by atoms with van der Waals surface area (Å²) in [7, 11) is -4.07. The van der Waals surface area contributed by atoms with Crippen molar-refractivity contribution < 1.29 is 17.6 Å². The minimum Gasteiger partial charge on any atom is -0.348 e. The van der Waals surface area contributed by atoms with Gasteiger partial charge in [0.2, 0.25) is 10.0 Å². The van der Waals surface area contributed by atoms with E-state index >= 15 is 0 Å². The van der Waals surface area contributed by atoms with Gasteiger partial charge in [-0.3, -0.25) is 9.69 Å². The van der Waals surface area contributed by atoms with Crippen molar-refractivity contribution in [1.29, 1.82) is 0 Å². The van der Waals surface area contributed by atoms with E-state index in [-0.39, 0.29) is 24.2 Å². The van der Waals surface area contributed by atoms with Gasteiger partial charge in [0.15, 0.2) is 0 Å². The average molecular weight is 432 g/mol. The first-order chi connectivity index (χ1) is 14.3. The van der Waals surface area contributed by atoms with Crippen LogP contribution < -0.4 is 10.0 Å². The standard InChI is InChI=1S/C22H26FN3O3S/c1-3-12-24-30(28,29)21-14-18(9-10-20(21)23)22(27)25-19-11-13-26(15-19)16(2)17-7-5-4-6-8-17/h3-10,14,16,19,24H,1,11-13,15H2,2H3,(H,25,27). The molecule has 2 aromatic carbocycles. The largest absolute Gasteiger partial charge is 0.348 e. The maximum atomic E-state index is 14.1. The quantitative estimate of drug-likeness (QED) is 0.630. The van der Waals surface area contributed by atoms with Crippen molar-refractivity contribution in [2.75, 3.05) is 19.6 Å². The van der Waals surface area contributed by atoms with Crippen LogP contribution in [0.25, 0.3) is 0 Å². The summed E-state index contributed by atoms with van der Waals surface area (Å²) < 4.78 is 40.8. The second kappa shape index (κ2) is 9.51. The number of benzene rings is 2. The van der Waals surface area contributed by atoms with Gasteiger partial charge in [-0.2, -0.15) is 0 Å². The molecule has 0 radical (unpaired) electrons. The fraction of sp³-hybridized carbons (Fsp3) is 0.318. The minimum atomic E-state index is -4.07. The molecule has 0 saturated carbocycles. The normalized spacial score (nSPS) is 18.1. The predicted molar refractivity (Wildman–Crippen MR) is 114 cm³/mol. The number of nitrogens with one attached hydrogen (secondary N) is 2. The van der Waals surface area contributed by atoms with Crippen LogP contribution in [0.5, 0.6) is 0 Å². The molecule has 0 aliphatic carbocycles. The van der Waals surface area contributed by atoms with E-state index in [2.05, 4.69) is 40.6 Å². The molecule has 1 heterocycles. The summed E-state index contributed by atoms with van der Waals surface area (Å²) in [6, 6.07) is 13.7. The zero-order chi connectivity index (χ0) is 21.7. The summed E-state index contributed by atoms with van der Waals surface area (Å²) in [4.78, 5) is 14.4. The lowest BCUT2D eigenvalue weighted by molar-refractivity contribution is 0.0936. The van der Waals surface area contributed by atoms with Crippen LogP contribution in [0.2, 0.25) is 0 Å². The first-order valence-corrected chi connectivity index (χ1v) is 11.3. The van der Waals surface area contributed by atoms with Crippen molar-refractivity contribution in [3.8, 4) is 0 Å². The fourth-order valence-corrected chi connectivity index (χ4v) is 4.66. The van der Waals surface area contributed by atoms with Crippen LogP contribution in [0.3, 0.4) is 0 Å². The van der Waals surface area contributed by atoms with Crippen molar-refractivity contribution in [2.24, 2.45) is 0 Å². The molecular weight excluding hydrogens is 405 g/mol. The Morgan fingerprint density at radius 1 is 1.30 bits per heavy atom. The Labute approximate surface area is 176 Å². The molecule has 1 saturated heterocycles. The van der Waals surface area contributed by atoms with Gasteiger partial charge in [0.1, 0.15) is 10.7 Å². The first kappa shape index (κ1) is 22.1. The van der Waals surface area contributed by atoms with Crippen LogP contribution in [-0.4, -0.2) is 44.9 Å². The molecule has 1 amide bonds. The van der Waals surface area contributed by atoms with E-state index in [1.165, 1.54) is 17.7 Å². The summed E-state index contributed by atoms with van der Waals surface area (Å²) in [5.74, 6) is -1.33. The molecule has 6 nitrogen and oxygen atoms in total. The van der Waals surface area contributed by atoms with Gasteiger partial charge in [0.05, 0.1) is 0 Å². The number of hydrogen-bond donors (Lipinski definition) is 2. The van der Waals surface area contributed by atoms with Crippen molar-refractivity contribution in [3.05, 3.63) is 78.1 Å². The molecule has 2 N–H and O–H groups in total. The van der Waals surface area contributed by atoms with E-state index in [9.17, 15) is 17.6 Å². The SMILES string of the molecule is C=CCNS(=O)(=O)c1cc(C(=O)NC2CCN(C(C)c3ccccc3)C2)ccc1F. The molecule has 0 bridgehead atoms. The van der Waals surface area contributed by atoms with Crippen molar-refractivity contribution in [2.45, 2.75) is 30.3 Å². The van der Waals surface area contributed by atoms with Gasteiger partial charge in [-0.1, -0.05) is 36.4 Å². The molecule has 2 atom stereocenters. The van der Waals surface area contributed by atoms with Crippen LogP contribution in [0, 0.1) is 5.82 Å². The molecule has 1 aliphatic heterocycles. The van der Waals surface area contributed by atoms with Gasteiger partial charge in [-0.25, -0.2) is 17.5 Å². The molecule has 30 heavy (non-hydrogen) atoms. The molecule has 1 fully saturated rings. The highest BCUT2D eigenvalue weighted by Crippen LogP contribution is 2.25. The fourth-order valence-electron chi connectivity index (χ4n) is 3.56. The van der Waals surface area contributed by atoms with Crippen molar-refractivity contribution in [3.63, 3.8) is 0 Å². The second-order valence-corrected chi connectivity index (χ2v) is 9.06. The maximum absolute atomic E-state index is 14.1. The number of carbonyl (C=O) groups excluding carboxylic acids is 1. The van der Waals surface area contributed by atoms with Crippen LogP contribution in [-0.2, 0) is 10.0 Å². The predicted octanol–water partition coefficient (Wildman–Crippen LogP) is 2.86. The third-order valence-corrected chi connectivity index (χ3v) is 6.72. The van der Waals surface area contributed by atoms with E-state index in [1.54, 1.807) is 0 Å². The number of hydrogen-bond acceptors (Lipinski definition) is 4. The number of nitrogens with zero attached hydrogens (tertiary/aromatic N) is 1. The molecular formula is C22H26FN3O3S. The zero-order valence-electron chi connectivity index (χ0n) is 16.8. The Morgan fingerprint density at radius 2 is 2.03 bits per heavy atom. The van der Waals surface area contributed by atoms with Crippen LogP contribution in [0.4, 0.5) is 4.39 Å². The van der Waals surface area contributed by atoms with Gasteiger partial charge in [0, 0.05) is 37.3 Å². The molecule has 2 aromatic rings. The lowest BCUT2D eigenvalue weighted by Crippen LogP contribution is -2.37. The van der Waals surface area contributed by atoms with E-state index in [0.29, 0.717) is 6.54 Å². The van der Waals surface area contributed by atoms with E-state index < -0.39 is 26.6 Å². The van der Waals surface area contributed by atoms with Crippen molar-refractivity contribution >= 4 is 15.9 Å². The molecule has 3 rings (SSSR count). The second-order valence-electron chi connectivity index (χ2n) is 7.33. The van der Waals surface area contributed by atoms with Crippen molar-refractivity contribution in [1.82, 2.24) is 14.9 Å². The van der Waals surface area contributed by atoms with Gasteiger partial charge in [-0.15, -0.1) is 6.58 Å². The summed E-state index contributed by atoms with van der Waals surface area (Å²) in [6.07, 6.45) is 2.14. The molecule has 1 aliphatic rings. The monoisotopic (exact) mass is 431 g/mol. The van der Waals surface area contributed by atoms with E-state index in [1.807, 2.05) is 18.2 Å². The highest BCUT2D eigenvalue weighted by Gasteiger charge is 2.28. The van der Waals surface area contributed by atoms with E-state index in [4.69, 9.17) is 0 Å². The minimum absolute atomic E-state index is 0.0320. The summed E-state index contributed by atoms with van der Waals surface area (Å²) in [5.41, 5.74) is 1.31. The van der Waals surface area contributed by atoms with Crippen LogP contribution in [0.15, 0.2) is 66.1 Å². The highest BCUT2D eigenvalue weighted by atomic mass is 32.2. The van der Waals surface area contributed by atoms with Gasteiger partial charge in [-0.05, 0) is 37.1 Å². The van der Waals surface area contributed by atoms with Crippen LogP contribution in [0.1, 0.15) is 35.3 Å². The molecule has 8 heteroatoms. The number of rotatable bonds is 8. The summed E-state index contributed by atoms with van der Waals surface area (Å²) in [5, 5.41) is 2.94. The van der Waals surface area contributed by atoms with E-state index in [0.717, 1.165) is 25.1 Å². The molecule has 0 aromatic heterocycles. The number of likely N-dealkylation sites (tertiary alicyclic amines) is 1. The Kier molecular flexibility index (Phi) is 7.02. The molecule has 0 spiro atoms. The van der Waals surface area contributed by atoms with Gasteiger partial charge >= 0.3 is 0 Å². The Morgan fingerprint density at radius 3 is 2.73 bits per heavy atom. The zero-order valence-corrected chi connectivity index (χ0v) is 17.7. The Bertz CT molecular complexity index is 1010. The summed E-state index contributed by atoms with van der Waals surface area (Å²) in [6.45, 7) is 7.06. The average Bonchev–Trinajstić information content (AvgIpc) is 3.21. The lowest BCUT2D eigenvalue weighted by Gasteiger charge is -2.24. The number of sulfonamides is 1. The number of amides is 1. The number of halogens is 1. The Balaban J connectivity index is 1.67. The number of carbonyl (C=O) groups is 1. The molecule has 160 valence electrons. The topological polar surface area (TPSA) is 78.5 Å². The van der Waals surface area contributed by atoms with Gasteiger partial charge < -0.3 is 5.32 Å². The first-order valence-electron chi connectivity index (χ1n) is 9.82. The highest BCUT2D eigenvalue weighted by molar-refractivity contribution is 7.89. The third-order valence-electron chi connectivity index (χ3n) is 5.29. The van der Waals surface area contributed by atoms with Crippen LogP contribution >= 0.6 is 0 Å². The third kappa shape index (κ3) is 5.13. The molecule has 2 unspecified atom stereocenters. The maximum Gasteiger partial charge on any atom is 0.251 e. The van der Waals surface area contributed by atoms with Gasteiger partial charge in [0.25, 0.3) is 5.91 Å². The smallest absolute Gasteiger partial charge is 0.251 e. The summed E-state index contributed by atoms with van der Waals surface area (Å²) >= 11 is 0. The Hall–Kier alpha value is -2.55. The lowest BCUT2D eigenvalue weighted by atomic mass is 10.1.